The first-order valence-electron chi connectivity index (χ1n) is 7.30. The minimum absolute atomic E-state index is 0.0378. The first-order chi connectivity index (χ1) is 8.98. The first kappa shape index (κ1) is 12.3. The molecule has 4 rings (SSSR count). The van der Waals surface area contributed by atoms with E-state index in [1.807, 2.05) is 0 Å². The molecule has 2 aliphatic heterocycles. The molecule has 106 valence electrons. The zero-order valence-corrected chi connectivity index (χ0v) is 11.5. The van der Waals surface area contributed by atoms with E-state index < -0.39 is 17.8 Å². The number of hydrogen-bond donors (Lipinski definition) is 2. The van der Waals surface area contributed by atoms with Crippen LogP contribution in [0.3, 0.4) is 0 Å². The van der Waals surface area contributed by atoms with Crippen LogP contribution in [0.2, 0.25) is 0 Å². The van der Waals surface area contributed by atoms with Crippen LogP contribution < -0.4 is 0 Å². The van der Waals surface area contributed by atoms with Crippen molar-refractivity contribution < 1.29 is 19.7 Å². The summed E-state index contributed by atoms with van der Waals surface area (Å²) in [5.74, 6) is 0.287. The maximum Gasteiger partial charge on any atom is 0.168 e. The zero-order chi connectivity index (χ0) is 13.4. The van der Waals surface area contributed by atoms with Crippen molar-refractivity contribution in [3.8, 4) is 0 Å². The Kier molecular flexibility index (Phi) is 2.34. The van der Waals surface area contributed by atoms with Gasteiger partial charge in [-0.25, -0.2) is 0 Å². The van der Waals surface area contributed by atoms with Gasteiger partial charge in [0, 0.05) is 5.92 Å². The Bertz CT molecular complexity index is 437. The second-order valence-electron chi connectivity index (χ2n) is 7.26. The molecule has 0 aromatic carbocycles. The number of rotatable bonds is 0. The van der Waals surface area contributed by atoms with Gasteiger partial charge in [0.25, 0.3) is 0 Å². The lowest BCUT2D eigenvalue weighted by Gasteiger charge is -2.57. The van der Waals surface area contributed by atoms with E-state index in [-0.39, 0.29) is 23.5 Å². The molecule has 4 nitrogen and oxygen atoms in total. The Hall–Kier alpha value is -0.420. The minimum Gasteiger partial charge on any atom is -0.392 e. The molecule has 3 fully saturated rings. The van der Waals surface area contributed by atoms with Gasteiger partial charge >= 0.3 is 0 Å². The number of aliphatic hydroxyl groups excluding tert-OH is 2. The van der Waals surface area contributed by atoms with Crippen LogP contribution in [0.1, 0.15) is 33.1 Å². The summed E-state index contributed by atoms with van der Waals surface area (Å²) in [6.07, 6.45) is 3.12. The largest absolute Gasteiger partial charge is 0.392 e. The Morgan fingerprint density at radius 3 is 2.89 bits per heavy atom. The van der Waals surface area contributed by atoms with Gasteiger partial charge in [0.1, 0.15) is 0 Å². The maximum atomic E-state index is 10.7. The molecule has 4 aliphatic rings. The topological polar surface area (TPSA) is 58.9 Å². The Labute approximate surface area is 113 Å². The van der Waals surface area contributed by atoms with Gasteiger partial charge in [0.2, 0.25) is 0 Å². The molecule has 2 saturated heterocycles. The van der Waals surface area contributed by atoms with E-state index in [0.29, 0.717) is 6.61 Å². The van der Waals surface area contributed by atoms with E-state index in [4.69, 9.17) is 9.47 Å². The van der Waals surface area contributed by atoms with E-state index in [1.165, 1.54) is 5.57 Å². The molecular weight excluding hydrogens is 244 g/mol. The molecule has 1 spiro atoms. The molecule has 0 amide bonds. The third kappa shape index (κ3) is 1.29. The number of hydrogen-bond acceptors (Lipinski definition) is 4. The second-order valence-corrected chi connectivity index (χ2v) is 7.26. The summed E-state index contributed by atoms with van der Waals surface area (Å²) in [6, 6.07) is 0. The Morgan fingerprint density at radius 2 is 2.11 bits per heavy atom. The van der Waals surface area contributed by atoms with Crippen LogP contribution in [0.25, 0.3) is 0 Å². The monoisotopic (exact) mass is 266 g/mol. The van der Waals surface area contributed by atoms with Crippen molar-refractivity contribution in [2.75, 3.05) is 6.61 Å². The predicted octanol–water partition coefficient (Wildman–Crippen LogP) is 1.42. The molecule has 0 bridgehead atoms. The van der Waals surface area contributed by atoms with Crippen LogP contribution in [-0.4, -0.2) is 35.5 Å². The van der Waals surface area contributed by atoms with Gasteiger partial charge in [-0.05, 0) is 36.2 Å². The van der Waals surface area contributed by atoms with Crippen LogP contribution in [0, 0.1) is 22.7 Å². The SMILES string of the molecule is CC1(C)CC[C@H](O)[C@@]23C(O)O[C@H]4OCC(=CC[C@@H]12)[C@H]43. The summed E-state index contributed by atoms with van der Waals surface area (Å²) in [5.41, 5.74) is 0.769. The quantitative estimate of drug-likeness (QED) is 0.651. The molecule has 2 N–H and O–H groups in total. The van der Waals surface area contributed by atoms with E-state index in [0.717, 1.165) is 19.3 Å². The first-order valence-corrected chi connectivity index (χ1v) is 7.30. The highest BCUT2D eigenvalue weighted by atomic mass is 16.7. The molecule has 1 unspecified atom stereocenters. The number of aliphatic hydroxyl groups is 2. The van der Waals surface area contributed by atoms with Gasteiger partial charge in [-0.1, -0.05) is 19.9 Å². The molecule has 2 heterocycles. The lowest BCUT2D eigenvalue weighted by Crippen LogP contribution is -2.60. The summed E-state index contributed by atoms with van der Waals surface area (Å²) in [7, 11) is 0. The molecular formula is C15H22O4. The van der Waals surface area contributed by atoms with E-state index in [9.17, 15) is 10.2 Å². The summed E-state index contributed by atoms with van der Waals surface area (Å²) >= 11 is 0. The van der Waals surface area contributed by atoms with Gasteiger partial charge in [-0.2, -0.15) is 0 Å². The summed E-state index contributed by atoms with van der Waals surface area (Å²) < 4.78 is 11.3. The second kappa shape index (κ2) is 3.61. The minimum atomic E-state index is -0.911. The highest BCUT2D eigenvalue weighted by molar-refractivity contribution is 5.28. The van der Waals surface area contributed by atoms with Gasteiger partial charge in [0.05, 0.1) is 18.1 Å². The molecule has 0 aromatic heterocycles. The van der Waals surface area contributed by atoms with Crippen molar-refractivity contribution in [1.82, 2.24) is 0 Å². The van der Waals surface area contributed by atoms with Crippen molar-refractivity contribution in [2.45, 2.75) is 51.8 Å². The average molecular weight is 266 g/mol. The van der Waals surface area contributed by atoms with E-state index >= 15 is 0 Å². The van der Waals surface area contributed by atoms with Crippen LogP contribution in [0.15, 0.2) is 11.6 Å². The summed E-state index contributed by atoms with van der Waals surface area (Å²) in [5, 5.41) is 21.3. The zero-order valence-electron chi connectivity index (χ0n) is 11.5. The molecule has 2 aliphatic carbocycles. The van der Waals surface area contributed by atoms with Crippen molar-refractivity contribution in [1.29, 1.82) is 0 Å². The van der Waals surface area contributed by atoms with Crippen molar-refractivity contribution >= 4 is 0 Å². The normalized spacial score (nSPS) is 54.5. The van der Waals surface area contributed by atoms with Gasteiger partial charge < -0.3 is 19.7 Å². The summed E-state index contributed by atoms with van der Waals surface area (Å²) in [4.78, 5) is 0. The lowest BCUT2D eigenvalue weighted by molar-refractivity contribution is -0.238. The molecule has 0 aromatic rings. The standard InChI is InChI=1S/C15H22O4/c1-14(2)6-5-10(16)15-9(14)4-3-8-7-18-12(11(8)15)19-13(15)17/h3,9-13,16-17H,4-7H2,1-2H3/t9-,10-,11+,12+,13?,15-/m0/s1. The van der Waals surface area contributed by atoms with Gasteiger partial charge in [-0.3, -0.25) is 0 Å². The summed E-state index contributed by atoms with van der Waals surface area (Å²) in [6.45, 7) is 5.09. The number of ether oxygens (including phenoxy) is 2. The van der Waals surface area contributed by atoms with Crippen LogP contribution >= 0.6 is 0 Å². The third-order valence-electron chi connectivity index (χ3n) is 6.12. The fourth-order valence-corrected chi connectivity index (χ4v) is 5.19. The maximum absolute atomic E-state index is 10.7. The fraction of sp³-hybridized carbons (Fsp3) is 0.867. The lowest BCUT2D eigenvalue weighted by atomic mass is 9.47. The molecule has 4 heteroatoms. The van der Waals surface area contributed by atoms with Gasteiger partial charge in [-0.15, -0.1) is 0 Å². The van der Waals surface area contributed by atoms with Crippen molar-refractivity contribution in [3.63, 3.8) is 0 Å². The van der Waals surface area contributed by atoms with E-state index in [2.05, 4.69) is 19.9 Å². The molecule has 1 saturated carbocycles. The highest BCUT2D eigenvalue weighted by Crippen LogP contribution is 2.66. The Morgan fingerprint density at radius 1 is 1.32 bits per heavy atom. The van der Waals surface area contributed by atoms with Gasteiger partial charge in [0.15, 0.2) is 12.6 Å². The average Bonchev–Trinajstić information content (AvgIpc) is 2.89. The van der Waals surface area contributed by atoms with Crippen molar-refractivity contribution in [2.24, 2.45) is 22.7 Å². The molecule has 19 heavy (non-hydrogen) atoms. The highest BCUT2D eigenvalue weighted by Gasteiger charge is 2.70. The smallest absolute Gasteiger partial charge is 0.168 e. The molecule has 6 atom stereocenters. The van der Waals surface area contributed by atoms with Crippen LogP contribution in [0.4, 0.5) is 0 Å². The van der Waals surface area contributed by atoms with Crippen molar-refractivity contribution in [3.05, 3.63) is 11.6 Å². The predicted molar refractivity (Wildman–Crippen MR) is 68.0 cm³/mol. The molecule has 0 radical (unpaired) electrons. The van der Waals surface area contributed by atoms with Crippen LogP contribution in [-0.2, 0) is 9.47 Å². The number of allylic oxidation sites excluding steroid dienone is 1. The Balaban J connectivity index is 1.90. The third-order valence-corrected chi connectivity index (χ3v) is 6.12. The fourth-order valence-electron chi connectivity index (χ4n) is 5.19. The van der Waals surface area contributed by atoms with E-state index in [1.54, 1.807) is 0 Å². The van der Waals surface area contributed by atoms with Crippen LogP contribution in [0.5, 0.6) is 0 Å².